The number of rotatable bonds is 7. The van der Waals surface area contributed by atoms with E-state index in [1.807, 2.05) is 12.1 Å². The van der Waals surface area contributed by atoms with Gasteiger partial charge in [-0.25, -0.2) is 17.5 Å². The Morgan fingerprint density at radius 2 is 1.72 bits per heavy atom. The van der Waals surface area contributed by atoms with E-state index < -0.39 is 15.8 Å². The summed E-state index contributed by atoms with van der Waals surface area (Å²) in [5.74, 6) is 5.93. The molecule has 0 aliphatic carbocycles. The molecule has 132 valence electrons. The van der Waals surface area contributed by atoms with Crippen LogP contribution in [0.5, 0.6) is 11.5 Å². The molecule has 25 heavy (non-hydrogen) atoms. The van der Waals surface area contributed by atoms with Crippen LogP contribution >= 0.6 is 0 Å². The van der Waals surface area contributed by atoms with Crippen LogP contribution in [-0.4, -0.2) is 28.7 Å². The lowest BCUT2D eigenvalue weighted by molar-refractivity contribution is 0.331. The van der Waals surface area contributed by atoms with Gasteiger partial charge in [-0.1, -0.05) is 36.1 Å². The second kappa shape index (κ2) is 9.06. The van der Waals surface area contributed by atoms with Crippen molar-refractivity contribution in [1.29, 1.82) is 0 Å². The van der Waals surface area contributed by atoms with Crippen LogP contribution in [0.2, 0.25) is 0 Å². The quantitative estimate of drug-likeness (QED) is 0.767. The highest BCUT2D eigenvalue weighted by molar-refractivity contribution is 7.88. The average Bonchev–Trinajstić information content (AvgIpc) is 2.60. The Kier molecular flexibility index (Phi) is 6.81. The molecule has 0 aromatic heterocycles. The second-order valence-corrected chi connectivity index (χ2v) is 6.81. The second-order valence-electron chi connectivity index (χ2n) is 5.00. The number of nitrogens with one attached hydrogen (secondary N) is 1. The van der Waals surface area contributed by atoms with Crippen molar-refractivity contribution in [1.82, 2.24) is 4.72 Å². The Morgan fingerprint density at radius 3 is 2.40 bits per heavy atom. The molecule has 1 N–H and O–H groups in total. The van der Waals surface area contributed by atoms with Crippen LogP contribution in [0.15, 0.2) is 48.5 Å². The molecule has 0 saturated heterocycles. The van der Waals surface area contributed by atoms with Crippen molar-refractivity contribution in [2.75, 3.05) is 20.3 Å². The van der Waals surface area contributed by atoms with E-state index in [1.165, 1.54) is 24.3 Å². The molecule has 5 nitrogen and oxygen atoms in total. The molecule has 0 atom stereocenters. The van der Waals surface area contributed by atoms with Crippen LogP contribution in [0.25, 0.3) is 0 Å². The van der Waals surface area contributed by atoms with Crippen molar-refractivity contribution in [3.05, 3.63) is 59.9 Å². The van der Waals surface area contributed by atoms with E-state index in [2.05, 4.69) is 16.6 Å². The van der Waals surface area contributed by atoms with Crippen LogP contribution < -0.4 is 14.2 Å². The normalized spacial score (nSPS) is 10.6. The van der Waals surface area contributed by atoms with Crippen LogP contribution in [-0.2, 0) is 15.8 Å². The van der Waals surface area contributed by atoms with Crippen molar-refractivity contribution in [3.8, 4) is 23.3 Å². The fourth-order valence-corrected chi connectivity index (χ4v) is 2.99. The molecule has 0 amide bonds. The molecule has 0 heterocycles. The van der Waals surface area contributed by atoms with Crippen LogP contribution in [0, 0.1) is 17.7 Å². The zero-order chi connectivity index (χ0) is 18.1. The highest BCUT2D eigenvalue weighted by atomic mass is 32.2. The Morgan fingerprint density at radius 1 is 1.04 bits per heavy atom. The molecule has 0 aliphatic rings. The summed E-state index contributed by atoms with van der Waals surface area (Å²) < 4.78 is 49.6. The third-order valence-electron chi connectivity index (χ3n) is 3.14. The van der Waals surface area contributed by atoms with Crippen LogP contribution in [0.1, 0.15) is 5.56 Å². The van der Waals surface area contributed by atoms with Crippen LogP contribution in [0.4, 0.5) is 4.39 Å². The topological polar surface area (TPSA) is 64.6 Å². The van der Waals surface area contributed by atoms with E-state index in [-0.39, 0.29) is 18.9 Å². The predicted molar refractivity (Wildman–Crippen MR) is 93.3 cm³/mol. The first-order valence-electron chi connectivity index (χ1n) is 7.43. The Labute approximate surface area is 146 Å². The van der Waals surface area contributed by atoms with Gasteiger partial charge in [0.25, 0.3) is 0 Å². The smallest absolute Gasteiger partial charge is 0.216 e. The predicted octanol–water partition coefficient (Wildman–Crippen LogP) is 2.34. The first-order chi connectivity index (χ1) is 12.0. The van der Waals surface area contributed by atoms with Gasteiger partial charge in [0.15, 0.2) is 11.5 Å². The SMILES string of the molecule is COc1ccccc1OCC#CCNS(=O)(=O)Cc1ccc(F)cc1. The summed E-state index contributed by atoms with van der Waals surface area (Å²) in [5.41, 5.74) is 0.501. The molecule has 2 aromatic rings. The summed E-state index contributed by atoms with van der Waals surface area (Å²) in [6.45, 7) is 0.0822. The van der Waals surface area contributed by atoms with Gasteiger partial charge in [0.1, 0.15) is 12.4 Å². The zero-order valence-electron chi connectivity index (χ0n) is 13.7. The van der Waals surface area contributed by atoms with Crippen molar-refractivity contribution in [2.24, 2.45) is 0 Å². The molecule has 0 fully saturated rings. The van der Waals surface area contributed by atoms with Crippen molar-refractivity contribution in [3.63, 3.8) is 0 Å². The van der Waals surface area contributed by atoms with Gasteiger partial charge in [-0.15, -0.1) is 0 Å². The zero-order valence-corrected chi connectivity index (χ0v) is 14.5. The van der Waals surface area contributed by atoms with Gasteiger partial charge in [-0.2, -0.15) is 0 Å². The molecule has 0 unspecified atom stereocenters. The standard InChI is InChI=1S/C18H18FNO4S/c1-23-17-6-2-3-7-18(17)24-13-5-4-12-20-25(21,22)14-15-8-10-16(19)11-9-15/h2-3,6-11,20H,12-14H2,1H3. The monoisotopic (exact) mass is 363 g/mol. The minimum atomic E-state index is -3.53. The number of para-hydroxylation sites is 2. The lowest BCUT2D eigenvalue weighted by Gasteiger charge is -2.07. The maximum absolute atomic E-state index is 12.8. The number of sulfonamides is 1. The van der Waals surface area contributed by atoms with Crippen molar-refractivity contribution in [2.45, 2.75) is 5.75 Å². The van der Waals surface area contributed by atoms with Crippen molar-refractivity contribution < 1.29 is 22.3 Å². The Balaban J connectivity index is 1.78. The van der Waals surface area contributed by atoms with Gasteiger partial charge in [0, 0.05) is 0 Å². The highest BCUT2D eigenvalue weighted by Gasteiger charge is 2.10. The maximum Gasteiger partial charge on any atom is 0.216 e. The summed E-state index contributed by atoms with van der Waals surface area (Å²) in [5, 5.41) is 0. The molecule has 0 spiro atoms. The number of halogens is 1. The van der Waals surface area contributed by atoms with Crippen LogP contribution in [0.3, 0.4) is 0 Å². The number of ether oxygens (including phenoxy) is 2. The van der Waals surface area contributed by atoms with E-state index in [1.54, 1.807) is 19.2 Å². The average molecular weight is 363 g/mol. The first kappa shape index (κ1) is 18.8. The highest BCUT2D eigenvalue weighted by Crippen LogP contribution is 2.25. The molecule has 0 aliphatic heterocycles. The number of methoxy groups -OCH3 is 1. The molecule has 0 saturated carbocycles. The molecule has 7 heteroatoms. The van der Waals surface area contributed by atoms with Crippen molar-refractivity contribution >= 4 is 10.0 Å². The van der Waals surface area contributed by atoms with Gasteiger partial charge in [-0.05, 0) is 29.8 Å². The van der Waals surface area contributed by atoms with E-state index in [0.29, 0.717) is 17.1 Å². The maximum atomic E-state index is 12.8. The van der Waals surface area contributed by atoms with Gasteiger partial charge in [-0.3, -0.25) is 0 Å². The summed E-state index contributed by atoms with van der Waals surface area (Å²) in [6.07, 6.45) is 0. The Hall–Kier alpha value is -2.56. The summed E-state index contributed by atoms with van der Waals surface area (Å²) >= 11 is 0. The molecule has 2 aromatic carbocycles. The number of hydrogen-bond donors (Lipinski definition) is 1. The lowest BCUT2D eigenvalue weighted by atomic mass is 10.2. The summed E-state index contributed by atoms with van der Waals surface area (Å²) in [4.78, 5) is 0. The first-order valence-corrected chi connectivity index (χ1v) is 9.09. The molecular weight excluding hydrogens is 345 g/mol. The number of benzene rings is 2. The third kappa shape index (κ3) is 6.45. The fourth-order valence-electron chi connectivity index (χ4n) is 1.96. The van der Waals surface area contributed by atoms with E-state index in [0.717, 1.165) is 0 Å². The fraction of sp³-hybridized carbons (Fsp3) is 0.222. The third-order valence-corrected chi connectivity index (χ3v) is 4.44. The number of hydrogen-bond acceptors (Lipinski definition) is 4. The summed E-state index contributed by atoms with van der Waals surface area (Å²) in [7, 11) is -1.99. The lowest BCUT2D eigenvalue weighted by Crippen LogP contribution is -2.25. The van der Waals surface area contributed by atoms with Gasteiger partial charge in [0.2, 0.25) is 10.0 Å². The van der Waals surface area contributed by atoms with E-state index in [4.69, 9.17) is 9.47 Å². The van der Waals surface area contributed by atoms with Gasteiger partial charge >= 0.3 is 0 Å². The molecule has 2 rings (SSSR count). The molecular formula is C18H18FNO4S. The van der Waals surface area contributed by atoms with Gasteiger partial charge in [0.05, 0.1) is 19.4 Å². The minimum absolute atomic E-state index is 0.0290. The van der Waals surface area contributed by atoms with Gasteiger partial charge < -0.3 is 9.47 Å². The summed E-state index contributed by atoms with van der Waals surface area (Å²) in [6, 6.07) is 12.5. The van der Waals surface area contributed by atoms with E-state index in [9.17, 15) is 12.8 Å². The molecule has 0 bridgehead atoms. The molecule has 0 radical (unpaired) electrons. The minimum Gasteiger partial charge on any atom is -0.493 e. The largest absolute Gasteiger partial charge is 0.493 e. The van der Waals surface area contributed by atoms with E-state index >= 15 is 0 Å². The Bertz CT molecular complexity index is 855.